The summed E-state index contributed by atoms with van der Waals surface area (Å²) in [5.74, 6) is -1.72. The van der Waals surface area contributed by atoms with E-state index in [1.165, 1.54) is 11.3 Å². The van der Waals surface area contributed by atoms with Crippen LogP contribution in [0.25, 0.3) is 10.2 Å². The number of para-hydroxylation sites is 1. The highest BCUT2D eigenvalue weighted by Crippen LogP contribution is 2.37. The number of carbonyl (C=O) groups is 2. The second-order valence-corrected chi connectivity index (χ2v) is 7.38. The summed E-state index contributed by atoms with van der Waals surface area (Å²) in [6.45, 7) is -0.799. The van der Waals surface area contributed by atoms with E-state index in [-0.39, 0.29) is 6.42 Å². The standard InChI is InChI=1S/C19H14F3N3O5S/c20-19(21,22)12-9-11(25(28)29)5-6-13(12)23-16(26)10-30-18(27)8-7-17-24-14-3-1-2-4-15(14)31-17/h1-6,9H,7-8,10H2,(H,23,26). The number of benzene rings is 2. The highest BCUT2D eigenvalue weighted by Gasteiger charge is 2.35. The predicted molar refractivity (Wildman–Crippen MR) is 106 cm³/mol. The van der Waals surface area contributed by atoms with Crippen LogP contribution in [-0.4, -0.2) is 28.4 Å². The number of esters is 1. The maximum Gasteiger partial charge on any atom is 0.418 e. The van der Waals surface area contributed by atoms with Gasteiger partial charge in [-0.15, -0.1) is 11.3 Å². The fourth-order valence-corrected chi connectivity index (χ4v) is 3.60. The number of ether oxygens (including phenoxy) is 1. The number of thiazole rings is 1. The molecule has 12 heteroatoms. The molecule has 0 bridgehead atoms. The number of anilines is 1. The third-order valence-corrected chi connectivity index (χ3v) is 5.14. The third kappa shape index (κ3) is 5.75. The Kier molecular flexibility index (Phi) is 6.49. The summed E-state index contributed by atoms with van der Waals surface area (Å²) in [4.78, 5) is 37.8. The molecule has 1 N–H and O–H groups in total. The number of carbonyl (C=O) groups excluding carboxylic acids is 2. The van der Waals surface area contributed by atoms with E-state index >= 15 is 0 Å². The molecular formula is C19H14F3N3O5S. The van der Waals surface area contributed by atoms with Gasteiger partial charge in [-0.05, 0) is 18.2 Å². The molecule has 162 valence electrons. The summed E-state index contributed by atoms with van der Waals surface area (Å²) in [5, 5.41) is 13.4. The number of alkyl halides is 3. The molecule has 1 heterocycles. The summed E-state index contributed by atoms with van der Waals surface area (Å²) in [5.41, 5.74) is -2.02. The number of aryl methyl sites for hydroxylation is 1. The van der Waals surface area contributed by atoms with Gasteiger partial charge in [-0.3, -0.25) is 19.7 Å². The largest absolute Gasteiger partial charge is 0.456 e. The minimum Gasteiger partial charge on any atom is -0.456 e. The Labute approximate surface area is 176 Å². The number of nitrogens with zero attached hydrogens (tertiary/aromatic N) is 2. The normalized spacial score (nSPS) is 11.3. The Morgan fingerprint density at radius 2 is 1.94 bits per heavy atom. The molecule has 1 aromatic heterocycles. The first-order valence-corrected chi connectivity index (χ1v) is 9.60. The van der Waals surface area contributed by atoms with E-state index in [2.05, 4.69) is 4.98 Å². The molecule has 8 nitrogen and oxygen atoms in total. The van der Waals surface area contributed by atoms with Crippen molar-refractivity contribution in [3.05, 3.63) is 63.1 Å². The monoisotopic (exact) mass is 453 g/mol. The molecule has 0 radical (unpaired) electrons. The Morgan fingerprint density at radius 1 is 1.19 bits per heavy atom. The molecule has 0 fully saturated rings. The van der Waals surface area contributed by atoms with Gasteiger partial charge >= 0.3 is 12.1 Å². The second-order valence-electron chi connectivity index (χ2n) is 6.27. The van der Waals surface area contributed by atoms with Crippen molar-refractivity contribution >= 4 is 44.8 Å². The molecule has 0 unspecified atom stereocenters. The van der Waals surface area contributed by atoms with Crippen molar-refractivity contribution in [1.29, 1.82) is 0 Å². The maximum atomic E-state index is 13.1. The van der Waals surface area contributed by atoms with Gasteiger partial charge in [0.2, 0.25) is 0 Å². The van der Waals surface area contributed by atoms with Crippen LogP contribution < -0.4 is 5.32 Å². The van der Waals surface area contributed by atoms with Gasteiger partial charge < -0.3 is 10.1 Å². The van der Waals surface area contributed by atoms with Crippen LogP contribution in [-0.2, 0) is 26.9 Å². The quantitative estimate of drug-likeness (QED) is 0.324. The zero-order valence-electron chi connectivity index (χ0n) is 15.6. The molecule has 0 aliphatic rings. The second kappa shape index (κ2) is 9.08. The number of halogens is 3. The van der Waals surface area contributed by atoms with Gasteiger partial charge in [0, 0.05) is 18.6 Å². The van der Waals surface area contributed by atoms with E-state index in [0.717, 1.165) is 22.3 Å². The highest BCUT2D eigenvalue weighted by molar-refractivity contribution is 7.18. The Balaban J connectivity index is 1.54. The zero-order chi connectivity index (χ0) is 22.6. The number of non-ortho nitro benzene ring substituents is 1. The number of amides is 1. The Hall–Kier alpha value is -3.54. The zero-order valence-corrected chi connectivity index (χ0v) is 16.5. The molecule has 0 saturated heterocycles. The number of hydrogen-bond acceptors (Lipinski definition) is 7. The summed E-state index contributed by atoms with van der Waals surface area (Å²) in [7, 11) is 0. The van der Waals surface area contributed by atoms with Crippen molar-refractivity contribution in [3.8, 4) is 0 Å². The molecule has 0 saturated carbocycles. The van der Waals surface area contributed by atoms with Crippen molar-refractivity contribution in [1.82, 2.24) is 4.98 Å². The average molecular weight is 453 g/mol. The lowest BCUT2D eigenvalue weighted by Gasteiger charge is -2.13. The van der Waals surface area contributed by atoms with Gasteiger partial charge in [0.1, 0.15) is 0 Å². The van der Waals surface area contributed by atoms with Crippen molar-refractivity contribution in [2.45, 2.75) is 19.0 Å². The molecule has 1 amide bonds. The lowest BCUT2D eigenvalue weighted by Crippen LogP contribution is -2.23. The third-order valence-electron chi connectivity index (χ3n) is 4.04. The van der Waals surface area contributed by atoms with Gasteiger partial charge in [-0.2, -0.15) is 13.2 Å². The SMILES string of the molecule is O=C(COC(=O)CCc1nc2ccccc2s1)Nc1ccc([N+](=O)[O-])cc1C(F)(F)F. The van der Waals surface area contributed by atoms with Crippen molar-refractivity contribution in [3.63, 3.8) is 0 Å². The van der Waals surface area contributed by atoms with Gasteiger partial charge in [0.05, 0.1) is 37.8 Å². The van der Waals surface area contributed by atoms with Gasteiger partial charge in [0.15, 0.2) is 6.61 Å². The summed E-state index contributed by atoms with van der Waals surface area (Å²) < 4.78 is 45.2. The topological polar surface area (TPSA) is 111 Å². The van der Waals surface area contributed by atoms with Crippen LogP contribution in [0.5, 0.6) is 0 Å². The molecule has 31 heavy (non-hydrogen) atoms. The number of hydrogen-bond donors (Lipinski definition) is 1. The minimum absolute atomic E-state index is 0.0571. The van der Waals surface area contributed by atoms with Gasteiger partial charge in [0.25, 0.3) is 11.6 Å². The van der Waals surface area contributed by atoms with Crippen LogP contribution in [0.1, 0.15) is 17.0 Å². The van der Waals surface area contributed by atoms with Crippen molar-refractivity contribution < 1.29 is 32.4 Å². The van der Waals surface area contributed by atoms with Crippen LogP contribution in [0, 0.1) is 10.1 Å². The minimum atomic E-state index is -4.93. The van der Waals surface area contributed by atoms with E-state index in [1.54, 1.807) is 0 Å². The first kappa shape index (κ1) is 22.2. The fraction of sp³-hybridized carbons (Fsp3) is 0.211. The molecule has 0 aliphatic carbocycles. The van der Waals surface area contributed by atoms with Crippen molar-refractivity contribution in [2.75, 3.05) is 11.9 Å². The van der Waals surface area contributed by atoms with Crippen LogP contribution in [0.4, 0.5) is 24.5 Å². The van der Waals surface area contributed by atoms with Gasteiger partial charge in [-0.1, -0.05) is 12.1 Å². The lowest BCUT2D eigenvalue weighted by atomic mass is 10.1. The molecule has 2 aromatic carbocycles. The number of nitrogens with one attached hydrogen (secondary N) is 1. The molecule has 3 aromatic rings. The fourth-order valence-electron chi connectivity index (χ4n) is 2.63. The van der Waals surface area contributed by atoms with Gasteiger partial charge in [-0.25, -0.2) is 4.98 Å². The summed E-state index contributed by atoms with van der Waals surface area (Å²) in [6.07, 6.45) is -4.69. The van der Waals surface area contributed by atoms with E-state index in [4.69, 9.17) is 4.74 Å². The molecule has 0 spiro atoms. The van der Waals surface area contributed by atoms with Crippen molar-refractivity contribution in [2.24, 2.45) is 0 Å². The lowest BCUT2D eigenvalue weighted by molar-refractivity contribution is -0.385. The molecule has 0 aliphatic heterocycles. The Morgan fingerprint density at radius 3 is 2.61 bits per heavy atom. The van der Waals surface area contributed by atoms with Crippen LogP contribution in [0.2, 0.25) is 0 Å². The highest BCUT2D eigenvalue weighted by atomic mass is 32.1. The summed E-state index contributed by atoms with van der Waals surface area (Å²) >= 11 is 1.42. The number of fused-ring (bicyclic) bond motifs is 1. The summed E-state index contributed by atoms with van der Waals surface area (Å²) in [6, 6.07) is 9.36. The first-order valence-electron chi connectivity index (χ1n) is 8.79. The smallest absolute Gasteiger partial charge is 0.418 e. The Bertz CT molecular complexity index is 1110. The average Bonchev–Trinajstić information content (AvgIpc) is 3.13. The van der Waals surface area contributed by atoms with E-state index < -0.39 is 46.5 Å². The molecule has 0 atom stereocenters. The van der Waals surface area contributed by atoms with E-state index in [0.29, 0.717) is 17.5 Å². The first-order chi connectivity index (χ1) is 14.6. The number of nitro groups is 1. The maximum absolute atomic E-state index is 13.1. The number of aromatic nitrogens is 1. The van der Waals surface area contributed by atoms with Crippen LogP contribution in [0.15, 0.2) is 42.5 Å². The van der Waals surface area contributed by atoms with Crippen LogP contribution >= 0.6 is 11.3 Å². The van der Waals surface area contributed by atoms with Crippen LogP contribution in [0.3, 0.4) is 0 Å². The molecule has 3 rings (SSSR count). The number of nitro benzene ring substituents is 1. The predicted octanol–water partition coefficient (Wildman–Crippen LogP) is 4.34. The van der Waals surface area contributed by atoms with E-state index in [1.807, 2.05) is 29.6 Å². The molecular weight excluding hydrogens is 439 g/mol. The number of rotatable bonds is 7. The van der Waals surface area contributed by atoms with E-state index in [9.17, 15) is 32.9 Å².